The summed E-state index contributed by atoms with van der Waals surface area (Å²) in [4.78, 5) is 14.0. The molecule has 150 valence electrons. The fourth-order valence-electron chi connectivity index (χ4n) is 4.07. The van der Waals surface area contributed by atoms with Crippen LogP contribution in [-0.4, -0.2) is 21.9 Å². The molecule has 2 aromatic carbocycles. The van der Waals surface area contributed by atoms with E-state index in [1.165, 1.54) is 12.1 Å². The Hall–Kier alpha value is -2.60. The van der Waals surface area contributed by atoms with Crippen LogP contribution in [0.4, 0.5) is 4.39 Å². The lowest BCUT2D eigenvalue weighted by molar-refractivity contribution is 0.0916. The normalized spacial score (nSPS) is 17.6. The van der Waals surface area contributed by atoms with Crippen molar-refractivity contribution >= 4 is 17.7 Å². The zero-order valence-electron chi connectivity index (χ0n) is 16.8. The summed E-state index contributed by atoms with van der Waals surface area (Å²) in [6.45, 7) is 4.38. The molecule has 29 heavy (non-hydrogen) atoms. The number of thioether (sulfide) groups is 1. The lowest BCUT2D eigenvalue weighted by atomic mass is 9.74. The molecule has 1 aromatic heterocycles. The van der Waals surface area contributed by atoms with Gasteiger partial charge in [-0.1, -0.05) is 32.0 Å². The molecule has 3 aromatic rings. The van der Waals surface area contributed by atoms with Gasteiger partial charge in [-0.2, -0.15) is 5.10 Å². The molecule has 4 nitrogen and oxygen atoms in total. The van der Waals surface area contributed by atoms with E-state index in [-0.39, 0.29) is 23.2 Å². The third-order valence-corrected chi connectivity index (χ3v) is 6.18. The Morgan fingerprint density at radius 2 is 2.03 bits per heavy atom. The molecule has 1 unspecified atom stereocenters. The number of carbonyl (C=O) groups excluding carboxylic acids is 1. The summed E-state index contributed by atoms with van der Waals surface area (Å²) < 4.78 is 15.6. The number of halogens is 1. The van der Waals surface area contributed by atoms with Gasteiger partial charge in [0.05, 0.1) is 29.2 Å². The van der Waals surface area contributed by atoms with Crippen LogP contribution in [0.2, 0.25) is 0 Å². The van der Waals surface area contributed by atoms with E-state index in [1.807, 2.05) is 36.6 Å². The Balaban J connectivity index is 1.69. The van der Waals surface area contributed by atoms with Crippen molar-refractivity contribution in [3.05, 3.63) is 77.4 Å². The van der Waals surface area contributed by atoms with E-state index in [1.54, 1.807) is 28.7 Å². The molecule has 1 atom stereocenters. The SMILES string of the molecule is CSc1ccccc1C(=O)NC1CC(C)(C)Cc2c1cnn2-c1cccc(F)c1. The molecule has 4 rings (SSSR count). The van der Waals surface area contributed by atoms with Gasteiger partial charge in [0.15, 0.2) is 0 Å². The van der Waals surface area contributed by atoms with Crippen molar-refractivity contribution in [2.24, 2.45) is 5.41 Å². The van der Waals surface area contributed by atoms with Gasteiger partial charge in [-0.3, -0.25) is 4.79 Å². The molecule has 1 heterocycles. The Morgan fingerprint density at radius 1 is 1.24 bits per heavy atom. The maximum atomic E-state index is 13.8. The lowest BCUT2D eigenvalue weighted by Gasteiger charge is -2.36. The molecule has 1 aliphatic rings. The van der Waals surface area contributed by atoms with Gasteiger partial charge in [-0.25, -0.2) is 9.07 Å². The van der Waals surface area contributed by atoms with Crippen molar-refractivity contribution in [2.45, 2.75) is 37.6 Å². The molecular weight excluding hydrogens is 385 g/mol. The Labute approximate surface area is 174 Å². The van der Waals surface area contributed by atoms with Crippen LogP contribution in [0.15, 0.2) is 59.6 Å². The second kappa shape index (κ2) is 7.67. The predicted octanol–water partition coefficient (Wildman–Crippen LogP) is 5.18. The summed E-state index contributed by atoms with van der Waals surface area (Å²) in [6.07, 6.45) is 5.41. The highest BCUT2D eigenvalue weighted by atomic mass is 32.2. The van der Waals surface area contributed by atoms with Gasteiger partial charge < -0.3 is 5.32 Å². The molecule has 0 spiro atoms. The number of hydrogen-bond donors (Lipinski definition) is 1. The monoisotopic (exact) mass is 409 g/mol. The van der Waals surface area contributed by atoms with E-state index in [0.29, 0.717) is 11.3 Å². The van der Waals surface area contributed by atoms with Gasteiger partial charge in [-0.15, -0.1) is 11.8 Å². The first-order valence-electron chi connectivity index (χ1n) is 9.64. The quantitative estimate of drug-likeness (QED) is 0.604. The molecule has 1 N–H and O–H groups in total. The van der Waals surface area contributed by atoms with Gasteiger partial charge in [-0.05, 0) is 54.8 Å². The lowest BCUT2D eigenvalue weighted by Crippen LogP contribution is -2.37. The maximum absolute atomic E-state index is 13.8. The summed E-state index contributed by atoms with van der Waals surface area (Å²) in [5.41, 5.74) is 3.39. The average Bonchev–Trinajstić information content (AvgIpc) is 3.10. The molecule has 0 fully saturated rings. The number of aromatic nitrogens is 2. The van der Waals surface area contributed by atoms with Gasteiger partial charge >= 0.3 is 0 Å². The summed E-state index contributed by atoms with van der Waals surface area (Å²) >= 11 is 1.56. The van der Waals surface area contributed by atoms with Gasteiger partial charge in [0, 0.05) is 10.5 Å². The number of fused-ring (bicyclic) bond motifs is 1. The highest BCUT2D eigenvalue weighted by molar-refractivity contribution is 7.98. The van der Waals surface area contributed by atoms with Crippen LogP contribution in [0.25, 0.3) is 5.69 Å². The average molecular weight is 410 g/mol. The number of nitrogens with zero attached hydrogens (tertiary/aromatic N) is 2. The number of amides is 1. The van der Waals surface area contributed by atoms with Crippen LogP contribution in [0.1, 0.15) is 47.9 Å². The van der Waals surface area contributed by atoms with Crippen molar-refractivity contribution < 1.29 is 9.18 Å². The summed E-state index contributed by atoms with van der Waals surface area (Å²) in [5.74, 6) is -0.373. The van der Waals surface area contributed by atoms with Crippen LogP contribution < -0.4 is 5.32 Å². The fourth-order valence-corrected chi connectivity index (χ4v) is 4.67. The molecule has 0 saturated carbocycles. The van der Waals surface area contributed by atoms with E-state index in [0.717, 1.165) is 29.0 Å². The van der Waals surface area contributed by atoms with Crippen LogP contribution >= 0.6 is 11.8 Å². The third kappa shape index (κ3) is 3.94. The first-order chi connectivity index (χ1) is 13.9. The zero-order chi connectivity index (χ0) is 20.6. The standard InChI is InChI=1S/C23H24FN3OS/c1-23(2)12-19(26-22(28)17-9-4-5-10-21(17)29-3)18-14-25-27(20(18)13-23)16-8-6-7-15(24)11-16/h4-11,14,19H,12-13H2,1-3H3,(H,26,28). The topological polar surface area (TPSA) is 46.9 Å². The van der Waals surface area contributed by atoms with E-state index in [4.69, 9.17) is 0 Å². The highest BCUT2D eigenvalue weighted by Crippen LogP contribution is 2.41. The smallest absolute Gasteiger partial charge is 0.252 e. The molecule has 6 heteroatoms. The van der Waals surface area contributed by atoms with E-state index >= 15 is 0 Å². The minimum atomic E-state index is -0.291. The number of carbonyl (C=O) groups is 1. The summed E-state index contributed by atoms with van der Waals surface area (Å²) in [6, 6.07) is 13.9. The third-order valence-electron chi connectivity index (χ3n) is 5.39. The molecule has 1 aliphatic carbocycles. The van der Waals surface area contributed by atoms with E-state index in [9.17, 15) is 9.18 Å². The molecule has 0 saturated heterocycles. The van der Waals surface area contributed by atoms with Crippen molar-refractivity contribution in [2.75, 3.05) is 6.26 Å². The molecule has 0 bridgehead atoms. The Kier molecular flexibility index (Phi) is 5.21. The minimum Gasteiger partial charge on any atom is -0.345 e. The van der Waals surface area contributed by atoms with Crippen molar-refractivity contribution in [1.29, 1.82) is 0 Å². The van der Waals surface area contributed by atoms with Crippen LogP contribution in [-0.2, 0) is 6.42 Å². The van der Waals surface area contributed by atoms with Crippen LogP contribution in [0.5, 0.6) is 0 Å². The zero-order valence-corrected chi connectivity index (χ0v) is 17.6. The summed E-state index contributed by atoms with van der Waals surface area (Å²) in [5, 5.41) is 7.75. The van der Waals surface area contributed by atoms with Crippen LogP contribution in [0, 0.1) is 11.2 Å². The van der Waals surface area contributed by atoms with E-state index in [2.05, 4.69) is 24.3 Å². The highest BCUT2D eigenvalue weighted by Gasteiger charge is 2.36. The van der Waals surface area contributed by atoms with Crippen molar-refractivity contribution in [3.8, 4) is 5.69 Å². The maximum Gasteiger partial charge on any atom is 0.252 e. The summed E-state index contributed by atoms with van der Waals surface area (Å²) in [7, 11) is 0. The Morgan fingerprint density at radius 3 is 2.79 bits per heavy atom. The van der Waals surface area contributed by atoms with Crippen molar-refractivity contribution in [1.82, 2.24) is 15.1 Å². The molecule has 0 radical (unpaired) electrons. The Bertz CT molecular complexity index is 1060. The number of nitrogens with one attached hydrogen (secondary N) is 1. The number of benzene rings is 2. The van der Waals surface area contributed by atoms with Crippen molar-refractivity contribution in [3.63, 3.8) is 0 Å². The van der Waals surface area contributed by atoms with Gasteiger partial charge in [0.1, 0.15) is 5.82 Å². The molecule has 0 aliphatic heterocycles. The van der Waals surface area contributed by atoms with Crippen LogP contribution in [0.3, 0.4) is 0 Å². The number of rotatable bonds is 4. The minimum absolute atomic E-state index is 0.0188. The molecular formula is C23H24FN3OS. The van der Waals surface area contributed by atoms with Gasteiger partial charge in [0.2, 0.25) is 0 Å². The van der Waals surface area contributed by atoms with Gasteiger partial charge in [0.25, 0.3) is 5.91 Å². The largest absolute Gasteiger partial charge is 0.345 e. The predicted molar refractivity (Wildman–Crippen MR) is 114 cm³/mol. The first-order valence-corrected chi connectivity index (χ1v) is 10.9. The second-order valence-electron chi connectivity index (χ2n) is 8.21. The first kappa shape index (κ1) is 19.7. The second-order valence-corrected chi connectivity index (χ2v) is 9.06. The van der Waals surface area contributed by atoms with E-state index < -0.39 is 0 Å². The molecule has 1 amide bonds. The fraction of sp³-hybridized carbons (Fsp3) is 0.304. The number of hydrogen-bond acceptors (Lipinski definition) is 3.